The lowest BCUT2D eigenvalue weighted by atomic mass is 10.0. The Morgan fingerprint density at radius 1 is 1.44 bits per heavy atom. The minimum atomic E-state index is -0.496. The predicted molar refractivity (Wildman–Crippen MR) is 74.9 cm³/mol. The van der Waals surface area contributed by atoms with E-state index in [0.29, 0.717) is 5.95 Å². The zero-order valence-electron chi connectivity index (χ0n) is 10.2. The molecule has 6 heteroatoms. The molecule has 96 valence electrons. The molecule has 1 aromatic carbocycles. The van der Waals surface area contributed by atoms with Gasteiger partial charge < -0.3 is 11.5 Å². The maximum Gasteiger partial charge on any atom is 0.240 e. The summed E-state index contributed by atoms with van der Waals surface area (Å²) >= 11 is 3.40. The third-order valence-corrected chi connectivity index (χ3v) is 3.37. The van der Waals surface area contributed by atoms with Crippen molar-refractivity contribution in [2.24, 2.45) is 11.7 Å². The Labute approximate surface area is 113 Å². The van der Waals surface area contributed by atoms with E-state index in [4.69, 9.17) is 11.5 Å². The first-order chi connectivity index (χ1) is 8.41. The summed E-state index contributed by atoms with van der Waals surface area (Å²) in [4.78, 5) is 15.9. The number of aromatic nitrogens is 2. The van der Waals surface area contributed by atoms with Crippen LogP contribution in [0, 0.1) is 5.92 Å². The highest BCUT2D eigenvalue weighted by Gasteiger charge is 2.25. The van der Waals surface area contributed by atoms with Gasteiger partial charge in [0.25, 0.3) is 0 Å². The Morgan fingerprint density at radius 3 is 2.67 bits per heavy atom. The number of hydrogen-bond acceptors (Lipinski definition) is 3. The van der Waals surface area contributed by atoms with E-state index >= 15 is 0 Å². The molecule has 1 atom stereocenters. The van der Waals surface area contributed by atoms with Crippen molar-refractivity contribution in [3.05, 3.63) is 22.7 Å². The fourth-order valence-corrected chi connectivity index (χ4v) is 2.48. The van der Waals surface area contributed by atoms with Crippen molar-refractivity contribution in [2.45, 2.75) is 19.9 Å². The summed E-state index contributed by atoms with van der Waals surface area (Å²) in [6, 6.07) is 5.12. The first-order valence-electron chi connectivity index (χ1n) is 5.64. The van der Waals surface area contributed by atoms with E-state index in [0.717, 1.165) is 15.5 Å². The van der Waals surface area contributed by atoms with Crippen LogP contribution in [0.5, 0.6) is 0 Å². The first-order valence-corrected chi connectivity index (χ1v) is 6.43. The van der Waals surface area contributed by atoms with E-state index in [1.807, 2.05) is 32.0 Å². The van der Waals surface area contributed by atoms with Crippen LogP contribution in [-0.4, -0.2) is 15.5 Å². The van der Waals surface area contributed by atoms with Gasteiger partial charge in [-0.2, -0.15) is 0 Å². The molecule has 2 aromatic rings. The van der Waals surface area contributed by atoms with Gasteiger partial charge in [-0.1, -0.05) is 29.8 Å². The molecule has 0 fully saturated rings. The SMILES string of the molecule is CC(C)C(C(N)=O)n1c(N)nc2ccc(Br)cc21. The predicted octanol–water partition coefficient (Wildman–Crippen LogP) is 2.06. The highest BCUT2D eigenvalue weighted by atomic mass is 79.9. The van der Waals surface area contributed by atoms with E-state index in [-0.39, 0.29) is 5.92 Å². The second-order valence-corrected chi connectivity index (χ2v) is 5.48. The number of benzene rings is 1. The number of halogens is 1. The molecule has 0 spiro atoms. The Morgan fingerprint density at radius 2 is 2.11 bits per heavy atom. The molecule has 0 radical (unpaired) electrons. The van der Waals surface area contributed by atoms with Crippen LogP contribution in [0.4, 0.5) is 5.95 Å². The quantitative estimate of drug-likeness (QED) is 0.909. The van der Waals surface area contributed by atoms with Crippen LogP contribution in [0.25, 0.3) is 11.0 Å². The average molecular weight is 311 g/mol. The van der Waals surface area contributed by atoms with Gasteiger partial charge in [-0.05, 0) is 24.1 Å². The maximum absolute atomic E-state index is 11.6. The van der Waals surface area contributed by atoms with Crippen LogP contribution in [0.15, 0.2) is 22.7 Å². The van der Waals surface area contributed by atoms with Gasteiger partial charge in [-0.3, -0.25) is 9.36 Å². The number of fused-ring (bicyclic) bond motifs is 1. The maximum atomic E-state index is 11.6. The molecule has 0 aliphatic heterocycles. The molecule has 5 nitrogen and oxygen atoms in total. The summed E-state index contributed by atoms with van der Waals surface area (Å²) in [7, 11) is 0. The zero-order chi connectivity index (χ0) is 13.4. The van der Waals surface area contributed by atoms with Crippen LogP contribution in [0.1, 0.15) is 19.9 Å². The van der Waals surface area contributed by atoms with Crippen LogP contribution < -0.4 is 11.5 Å². The number of carbonyl (C=O) groups excluding carboxylic acids is 1. The van der Waals surface area contributed by atoms with Gasteiger partial charge in [0, 0.05) is 4.47 Å². The van der Waals surface area contributed by atoms with Gasteiger partial charge in [0.05, 0.1) is 11.0 Å². The summed E-state index contributed by atoms with van der Waals surface area (Å²) in [6.45, 7) is 3.86. The molecule has 1 heterocycles. The van der Waals surface area contributed by atoms with Gasteiger partial charge in [0.2, 0.25) is 11.9 Å². The average Bonchev–Trinajstić information content (AvgIpc) is 2.55. The fraction of sp³-hybridized carbons (Fsp3) is 0.333. The van der Waals surface area contributed by atoms with Gasteiger partial charge >= 0.3 is 0 Å². The van der Waals surface area contributed by atoms with Crippen LogP contribution in [0.2, 0.25) is 0 Å². The number of nitrogens with zero attached hydrogens (tertiary/aromatic N) is 2. The topological polar surface area (TPSA) is 86.9 Å². The van der Waals surface area contributed by atoms with E-state index in [9.17, 15) is 4.79 Å². The van der Waals surface area contributed by atoms with Crippen LogP contribution in [0.3, 0.4) is 0 Å². The lowest BCUT2D eigenvalue weighted by Crippen LogP contribution is -2.31. The summed E-state index contributed by atoms with van der Waals surface area (Å²) in [6.07, 6.45) is 0. The second-order valence-electron chi connectivity index (χ2n) is 4.56. The molecule has 2 rings (SSSR count). The molecule has 0 aliphatic carbocycles. The number of imidazole rings is 1. The third kappa shape index (κ3) is 2.08. The summed E-state index contributed by atoms with van der Waals surface area (Å²) in [5.74, 6) is -0.0576. The smallest absolute Gasteiger partial charge is 0.240 e. The lowest BCUT2D eigenvalue weighted by molar-refractivity contribution is -0.122. The number of rotatable bonds is 3. The number of nitrogen functional groups attached to an aromatic ring is 1. The van der Waals surface area contributed by atoms with Crippen molar-refractivity contribution in [3.8, 4) is 0 Å². The van der Waals surface area contributed by atoms with Crippen molar-refractivity contribution in [3.63, 3.8) is 0 Å². The molecule has 0 aliphatic rings. The molecule has 4 N–H and O–H groups in total. The van der Waals surface area contributed by atoms with Crippen molar-refractivity contribution in [1.82, 2.24) is 9.55 Å². The van der Waals surface area contributed by atoms with E-state index in [1.54, 1.807) is 4.57 Å². The minimum absolute atomic E-state index is 0.0428. The van der Waals surface area contributed by atoms with Crippen molar-refractivity contribution >= 4 is 38.8 Å². The van der Waals surface area contributed by atoms with Crippen molar-refractivity contribution in [1.29, 1.82) is 0 Å². The highest BCUT2D eigenvalue weighted by molar-refractivity contribution is 9.10. The summed E-state index contributed by atoms with van der Waals surface area (Å²) in [5.41, 5.74) is 12.9. The number of amides is 1. The second kappa shape index (κ2) is 4.61. The van der Waals surface area contributed by atoms with Crippen molar-refractivity contribution < 1.29 is 4.79 Å². The standard InChI is InChI=1S/C12H15BrN4O/c1-6(2)10(11(14)18)17-9-5-7(13)3-4-8(9)16-12(17)15/h3-6,10H,1-2H3,(H2,14,18)(H2,15,16). The molecule has 0 saturated heterocycles. The minimum Gasteiger partial charge on any atom is -0.369 e. The Balaban J connectivity index is 2.72. The molecule has 1 aromatic heterocycles. The molecular weight excluding hydrogens is 296 g/mol. The Bertz CT molecular complexity index is 605. The molecule has 18 heavy (non-hydrogen) atoms. The number of nitrogens with two attached hydrogens (primary N) is 2. The van der Waals surface area contributed by atoms with Gasteiger partial charge in [-0.25, -0.2) is 4.98 Å². The first kappa shape index (κ1) is 12.9. The normalized spacial score (nSPS) is 13.1. The Kier molecular flexibility index (Phi) is 3.30. The largest absolute Gasteiger partial charge is 0.369 e. The number of primary amides is 1. The van der Waals surface area contributed by atoms with Crippen LogP contribution >= 0.6 is 15.9 Å². The van der Waals surface area contributed by atoms with Gasteiger partial charge in [0.15, 0.2) is 0 Å². The monoisotopic (exact) mass is 310 g/mol. The summed E-state index contributed by atoms with van der Waals surface area (Å²) in [5, 5.41) is 0. The van der Waals surface area contributed by atoms with Gasteiger partial charge in [-0.15, -0.1) is 0 Å². The van der Waals surface area contributed by atoms with E-state index in [1.165, 1.54) is 0 Å². The van der Waals surface area contributed by atoms with Gasteiger partial charge in [0.1, 0.15) is 6.04 Å². The molecular formula is C12H15BrN4O. The third-order valence-electron chi connectivity index (χ3n) is 2.88. The van der Waals surface area contributed by atoms with E-state index < -0.39 is 11.9 Å². The highest BCUT2D eigenvalue weighted by Crippen LogP contribution is 2.29. The molecule has 1 unspecified atom stereocenters. The molecule has 0 saturated carbocycles. The lowest BCUT2D eigenvalue weighted by Gasteiger charge is -2.20. The molecule has 0 bridgehead atoms. The van der Waals surface area contributed by atoms with E-state index in [2.05, 4.69) is 20.9 Å². The number of carbonyl (C=O) groups is 1. The fourth-order valence-electron chi connectivity index (χ4n) is 2.13. The van der Waals surface area contributed by atoms with Crippen molar-refractivity contribution in [2.75, 3.05) is 5.73 Å². The summed E-state index contributed by atoms with van der Waals surface area (Å²) < 4.78 is 2.61. The Hall–Kier alpha value is -1.56. The number of hydrogen-bond donors (Lipinski definition) is 2. The zero-order valence-corrected chi connectivity index (χ0v) is 11.8. The molecule has 1 amide bonds. The van der Waals surface area contributed by atoms with Crippen LogP contribution in [-0.2, 0) is 4.79 Å². The number of anilines is 1.